The van der Waals surface area contributed by atoms with Gasteiger partial charge in [0.1, 0.15) is 0 Å². The Kier molecular flexibility index (Phi) is 6.37. The molecule has 90 valence electrons. The molecular formula is C11H19N3OS. The number of aryl methyl sites for hydroxylation is 1. The van der Waals surface area contributed by atoms with E-state index in [1.54, 1.807) is 18.9 Å². The molecule has 1 aromatic heterocycles. The van der Waals surface area contributed by atoms with Crippen molar-refractivity contribution in [1.29, 1.82) is 0 Å². The van der Waals surface area contributed by atoms with E-state index in [1.807, 2.05) is 19.3 Å². The van der Waals surface area contributed by atoms with Gasteiger partial charge in [0.2, 0.25) is 0 Å². The van der Waals surface area contributed by atoms with E-state index < -0.39 is 0 Å². The third kappa shape index (κ3) is 5.44. The minimum Gasteiger partial charge on any atom is -0.383 e. The Bertz CT molecular complexity index is 292. The second-order valence-electron chi connectivity index (χ2n) is 3.67. The summed E-state index contributed by atoms with van der Waals surface area (Å²) in [5.41, 5.74) is 1.09. The van der Waals surface area contributed by atoms with Crippen LogP contribution in [0.4, 0.5) is 0 Å². The Morgan fingerprint density at radius 1 is 1.44 bits per heavy atom. The minimum absolute atomic E-state index is 0.458. The summed E-state index contributed by atoms with van der Waals surface area (Å²) in [6.45, 7) is 6.72. The first-order valence-corrected chi connectivity index (χ1v) is 6.25. The number of hydrogen-bond donors (Lipinski definition) is 1. The first-order valence-electron chi connectivity index (χ1n) is 5.37. The normalized spacial score (nSPS) is 12.7. The molecule has 1 aromatic rings. The fraction of sp³-hybridized carbons (Fsp3) is 0.636. The molecular weight excluding hydrogens is 222 g/mol. The summed E-state index contributed by atoms with van der Waals surface area (Å²) >= 11 is 1.68. The summed E-state index contributed by atoms with van der Waals surface area (Å²) in [5.74, 6) is 0. The van der Waals surface area contributed by atoms with Crippen molar-refractivity contribution in [1.82, 2.24) is 15.3 Å². The van der Waals surface area contributed by atoms with Gasteiger partial charge in [-0.3, -0.25) is 0 Å². The first kappa shape index (κ1) is 13.4. The number of ether oxygens (including phenoxy) is 1. The molecule has 5 heteroatoms. The van der Waals surface area contributed by atoms with Crippen molar-refractivity contribution in [3.8, 4) is 0 Å². The highest BCUT2D eigenvalue weighted by Crippen LogP contribution is 2.17. The Morgan fingerprint density at radius 3 is 2.75 bits per heavy atom. The van der Waals surface area contributed by atoms with Gasteiger partial charge in [-0.25, -0.2) is 9.97 Å². The molecule has 0 spiro atoms. The Labute approximate surface area is 101 Å². The predicted molar refractivity (Wildman–Crippen MR) is 66.8 cm³/mol. The molecule has 0 amide bonds. The molecule has 1 N–H and O–H groups in total. The second kappa shape index (κ2) is 7.60. The standard InChI is InChI=1S/C11H19N3OS/c1-9-6-13-11(14-7-9)16-10(2)8-12-4-5-15-3/h6-7,10,12H,4-5,8H2,1-3H3. The van der Waals surface area contributed by atoms with Gasteiger partial charge in [-0.2, -0.15) is 0 Å². The number of nitrogens with one attached hydrogen (secondary N) is 1. The van der Waals surface area contributed by atoms with Crippen molar-refractivity contribution >= 4 is 11.8 Å². The van der Waals surface area contributed by atoms with Gasteiger partial charge in [0.25, 0.3) is 0 Å². The molecule has 4 nitrogen and oxygen atoms in total. The lowest BCUT2D eigenvalue weighted by Crippen LogP contribution is -2.26. The molecule has 0 aromatic carbocycles. The topological polar surface area (TPSA) is 47.0 Å². The van der Waals surface area contributed by atoms with Crippen molar-refractivity contribution in [2.24, 2.45) is 0 Å². The van der Waals surface area contributed by atoms with Gasteiger partial charge in [0.15, 0.2) is 5.16 Å². The summed E-state index contributed by atoms with van der Waals surface area (Å²) in [6.07, 6.45) is 3.70. The van der Waals surface area contributed by atoms with Crippen LogP contribution < -0.4 is 5.32 Å². The Balaban J connectivity index is 2.23. The average molecular weight is 241 g/mol. The molecule has 1 rings (SSSR count). The zero-order valence-electron chi connectivity index (χ0n) is 10.1. The maximum Gasteiger partial charge on any atom is 0.187 e. The van der Waals surface area contributed by atoms with Crippen LogP contribution in [0.25, 0.3) is 0 Å². The van der Waals surface area contributed by atoms with Crippen molar-refractivity contribution < 1.29 is 4.74 Å². The number of thioether (sulfide) groups is 1. The molecule has 0 bridgehead atoms. The van der Waals surface area contributed by atoms with Crippen LogP contribution in [0.2, 0.25) is 0 Å². The van der Waals surface area contributed by atoms with Gasteiger partial charge >= 0.3 is 0 Å². The number of nitrogens with zero attached hydrogens (tertiary/aromatic N) is 2. The van der Waals surface area contributed by atoms with E-state index in [4.69, 9.17) is 4.74 Å². The molecule has 0 aliphatic carbocycles. The van der Waals surface area contributed by atoms with E-state index in [-0.39, 0.29) is 0 Å². The molecule has 0 radical (unpaired) electrons. The van der Waals surface area contributed by atoms with Crippen LogP contribution in [0.5, 0.6) is 0 Å². The van der Waals surface area contributed by atoms with E-state index >= 15 is 0 Å². The van der Waals surface area contributed by atoms with Gasteiger partial charge < -0.3 is 10.1 Å². The summed E-state index contributed by atoms with van der Waals surface area (Å²) in [7, 11) is 1.71. The van der Waals surface area contributed by atoms with Gasteiger partial charge in [-0.15, -0.1) is 0 Å². The maximum atomic E-state index is 4.96. The lowest BCUT2D eigenvalue weighted by atomic mass is 10.4. The van der Waals surface area contributed by atoms with Crippen LogP contribution in [0.15, 0.2) is 17.6 Å². The quantitative estimate of drug-likeness (QED) is 0.445. The Morgan fingerprint density at radius 2 is 2.12 bits per heavy atom. The lowest BCUT2D eigenvalue weighted by molar-refractivity contribution is 0.199. The smallest absolute Gasteiger partial charge is 0.187 e. The highest BCUT2D eigenvalue weighted by Gasteiger charge is 2.05. The molecule has 16 heavy (non-hydrogen) atoms. The van der Waals surface area contributed by atoms with E-state index in [1.165, 1.54) is 0 Å². The summed E-state index contributed by atoms with van der Waals surface area (Å²) in [6, 6.07) is 0. The van der Waals surface area contributed by atoms with Crippen molar-refractivity contribution in [3.63, 3.8) is 0 Å². The van der Waals surface area contributed by atoms with Crippen LogP contribution in [0.3, 0.4) is 0 Å². The zero-order chi connectivity index (χ0) is 11.8. The van der Waals surface area contributed by atoms with E-state index in [0.29, 0.717) is 5.25 Å². The van der Waals surface area contributed by atoms with Crippen LogP contribution >= 0.6 is 11.8 Å². The number of hydrogen-bond acceptors (Lipinski definition) is 5. The number of methoxy groups -OCH3 is 1. The molecule has 1 atom stereocenters. The van der Waals surface area contributed by atoms with Crippen molar-refractivity contribution in [3.05, 3.63) is 18.0 Å². The lowest BCUT2D eigenvalue weighted by Gasteiger charge is -2.10. The van der Waals surface area contributed by atoms with Crippen LogP contribution in [0.1, 0.15) is 12.5 Å². The molecule has 1 unspecified atom stereocenters. The second-order valence-corrected chi connectivity index (χ2v) is 5.07. The average Bonchev–Trinajstić information content (AvgIpc) is 2.28. The predicted octanol–water partition coefficient (Wildman–Crippen LogP) is 1.50. The number of aromatic nitrogens is 2. The third-order valence-electron chi connectivity index (χ3n) is 1.98. The molecule has 0 aliphatic rings. The van der Waals surface area contributed by atoms with Gasteiger partial charge in [-0.05, 0) is 12.5 Å². The van der Waals surface area contributed by atoms with Gasteiger partial charge in [-0.1, -0.05) is 18.7 Å². The summed E-state index contributed by atoms with van der Waals surface area (Å²) in [5, 5.41) is 4.61. The highest BCUT2D eigenvalue weighted by molar-refractivity contribution is 7.99. The molecule has 0 fully saturated rings. The van der Waals surface area contributed by atoms with Crippen molar-refractivity contribution in [2.75, 3.05) is 26.8 Å². The molecule has 1 heterocycles. The summed E-state index contributed by atoms with van der Waals surface area (Å²) < 4.78 is 4.96. The van der Waals surface area contributed by atoms with E-state index in [2.05, 4.69) is 22.2 Å². The SMILES string of the molecule is COCCNCC(C)Sc1ncc(C)cn1. The largest absolute Gasteiger partial charge is 0.383 e. The monoisotopic (exact) mass is 241 g/mol. The van der Waals surface area contributed by atoms with Crippen molar-refractivity contribution in [2.45, 2.75) is 24.3 Å². The first-order chi connectivity index (χ1) is 7.72. The highest BCUT2D eigenvalue weighted by atomic mass is 32.2. The van der Waals surface area contributed by atoms with Gasteiger partial charge in [0.05, 0.1) is 6.61 Å². The number of rotatable bonds is 7. The Hall–Kier alpha value is -0.650. The van der Waals surface area contributed by atoms with E-state index in [9.17, 15) is 0 Å². The molecule has 0 aliphatic heterocycles. The third-order valence-corrected chi connectivity index (χ3v) is 2.97. The van der Waals surface area contributed by atoms with Gasteiger partial charge in [0, 0.05) is 37.8 Å². The van der Waals surface area contributed by atoms with E-state index in [0.717, 1.165) is 30.4 Å². The van der Waals surface area contributed by atoms with Crippen LogP contribution in [-0.2, 0) is 4.74 Å². The minimum atomic E-state index is 0.458. The van der Waals surface area contributed by atoms with Crippen LogP contribution in [0, 0.1) is 6.92 Å². The fourth-order valence-electron chi connectivity index (χ4n) is 1.14. The zero-order valence-corrected chi connectivity index (χ0v) is 10.9. The molecule has 0 saturated carbocycles. The summed E-state index contributed by atoms with van der Waals surface area (Å²) in [4.78, 5) is 8.52. The maximum absolute atomic E-state index is 4.96. The van der Waals surface area contributed by atoms with Crippen LogP contribution in [-0.4, -0.2) is 42.0 Å². The molecule has 0 saturated heterocycles. The fourth-order valence-corrected chi connectivity index (χ4v) is 1.93.